The Morgan fingerprint density at radius 3 is 2.03 bits per heavy atom. The Balaban J connectivity index is 1.90. The minimum atomic E-state index is 0.221. The molecule has 180 valence electrons. The molecule has 0 radical (unpaired) electrons. The standard InChI is InChI=1S/C31H44O2/c1-8-10-18-32-28-15-12-24(21-29(28)33-19-11-9-2)20-23(3)25-13-14-26-27(22-25)31(6,7)17-16-30(26,4)5/h12-15,20-22H,8-11,16-19H2,1-7H3/b23-20+. The molecule has 0 unspecified atom stereocenters. The predicted molar refractivity (Wildman–Crippen MR) is 143 cm³/mol. The number of hydrogen-bond donors (Lipinski definition) is 0. The zero-order chi connectivity index (χ0) is 24.1. The summed E-state index contributed by atoms with van der Waals surface area (Å²) >= 11 is 0. The number of hydrogen-bond acceptors (Lipinski definition) is 2. The van der Waals surface area contributed by atoms with E-state index < -0.39 is 0 Å². The lowest BCUT2D eigenvalue weighted by Crippen LogP contribution is -2.33. The molecule has 0 bridgehead atoms. The molecular formula is C31H44O2. The van der Waals surface area contributed by atoms with Crippen molar-refractivity contribution in [2.75, 3.05) is 13.2 Å². The molecule has 2 aromatic rings. The molecule has 0 amide bonds. The van der Waals surface area contributed by atoms with Crippen molar-refractivity contribution in [2.24, 2.45) is 0 Å². The van der Waals surface area contributed by atoms with Gasteiger partial charge in [0.05, 0.1) is 13.2 Å². The summed E-state index contributed by atoms with van der Waals surface area (Å²) in [5.74, 6) is 1.71. The molecule has 1 aliphatic carbocycles. The molecule has 33 heavy (non-hydrogen) atoms. The number of benzene rings is 2. The minimum absolute atomic E-state index is 0.221. The monoisotopic (exact) mass is 448 g/mol. The number of rotatable bonds is 10. The van der Waals surface area contributed by atoms with Crippen LogP contribution >= 0.6 is 0 Å². The Kier molecular flexibility index (Phi) is 8.32. The van der Waals surface area contributed by atoms with Crippen LogP contribution in [0.1, 0.15) is 109 Å². The van der Waals surface area contributed by atoms with Gasteiger partial charge in [-0.1, -0.05) is 84.7 Å². The molecule has 0 N–H and O–H groups in total. The molecule has 0 aliphatic heterocycles. The normalized spacial score (nSPS) is 16.9. The molecule has 2 heteroatoms. The highest BCUT2D eigenvalue weighted by atomic mass is 16.5. The van der Waals surface area contributed by atoms with E-state index in [0.717, 1.165) is 56.0 Å². The molecule has 0 saturated heterocycles. The van der Waals surface area contributed by atoms with Crippen LogP contribution in [-0.2, 0) is 10.8 Å². The molecule has 2 aromatic carbocycles. The highest BCUT2D eigenvalue weighted by Crippen LogP contribution is 2.46. The summed E-state index contributed by atoms with van der Waals surface area (Å²) in [6, 6.07) is 13.4. The van der Waals surface area contributed by atoms with E-state index in [0.29, 0.717) is 0 Å². The van der Waals surface area contributed by atoms with Gasteiger partial charge in [-0.3, -0.25) is 0 Å². The maximum atomic E-state index is 6.11. The van der Waals surface area contributed by atoms with Crippen LogP contribution in [0.2, 0.25) is 0 Å². The second-order valence-electron chi connectivity index (χ2n) is 11.0. The van der Waals surface area contributed by atoms with Crippen molar-refractivity contribution in [3.05, 3.63) is 58.7 Å². The van der Waals surface area contributed by atoms with Crippen LogP contribution in [0.4, 0.5) is 0 Å². The first-order chi connectivity index (χ1) is 15.7. The van der Waals surface area contributed by atoms with Crippen LogP contribution in [0.25, 0.3) is 11.6 Å². The summed E-state index contributed by atoms with van der Waals surface area (Å²) in [6.07, 6.45) is 9.10. The van der Waals surface area contributed by atoms with Gasteiger partial charge < -0.3 is 9.47 Å². The van der Waals surface area contributed by atoms with Gasteiger partial charge in [-0.05, 0) is 83.4 Å². The smallest absolute Gasteiger partial charge is 0.161 e. The van der Waals surface area contributed by atoms with Crippen LogP contribution in [0, 0.1) is 0 Å². The van der Waals surface area contributed by atoms with Crippen molar-refractivity contribution in [3.8, 4) is 11.5 Å². The molecule has 0 aromatic heterocycles. The Bertz CT molecular complexity index is 965. The molecule has 0 atom stereocenters. The SMILES string of the molecule is CCCCOc1ccc(/C=C(\C)c2ccc3c(c2)C(C)(C)CCC3(C)C)cc1OCCCC. The number of fused-ring (bicyclic) bond motifs is 1. The second kappa shape index (κ2) is 10.8. The fourth-order valence-corrected chi connectivity index (χ4v) is 4.67. The van der Waals surface area contributed by atoms with Crippen LogP contribution in [0.15, 0.2) is 36.4 Å². The van der Waals surface area contributed by atoms with Gasteiger partial charge in [0.15, 0.2) is 11.5 Å². The van der Waals surface area contributed by atoms with E-state index in [-0.39, 0.29) is 10.8 Å². The van der Waals surface area contributed by atoms with E-state index in [1.54, 1.807) is 0 Å². The van der Waals surface area contributed by atoms with Crippen molar-refractivity contribution in [1.82, 2.24) is 0 Å². The quantitative estimate of drug-likeness (QED) is 0.267. The topological polar surface area (TPSA) is 18.5 Å². The van der Waals surface area contributed by atoms with E-state index in [1.165, 1.54) is 35.1 Å². The van der Waals surface area contributed by atoms with Crippen LogP contribution < -0.4 is 9.47 Å². The summed E-state index contributed by atoms with van der Waals surface area (Å²) in [5, 5.41) is 0. The Labute approximate surface area is 202 Å². The van der Waals surface area contributed by atoms with Gasteiger partial charge in [0, 0.05) is 0 Å². The van der Waals surface area contributed by atoms with Gasteiger partial charge in [0.25, 0.3) is 0 Å². The largest absolute Gasteiger partial charge is 0.490 e. The van der Waals surface area contributed by atoms with Crippen molar-refractivity contribution in [1.29, 1.82) is 0 Å². The molecule has 0 heterocycles. The summed E-state index contributed by atoms with van der Waals surface area (Å²) in [4.78, 5) is 0. The first-order valence-corrected chi connectivity index (χ1v) is 12.9. The fourth-order valence-electron chi connectivity index (χ4n) is 4.67. The van der Waals surface area contributed by atoms with Crippen molar-refractivity contribution in [2.45, 2.75) is 97.8 Å². The van der Waals surface area contributed by atoms with E-state index >= 15 is 0 Å². The zero-order valence-corrected chi connectivity index (χ0v) is 22.0. The van der Waals surface area contributed by atoms with Gasteiger partial charge >= 0.3 is 0 Å². The third-order valence-corrected chi connectivity index (χ3v) is 7.17. The lowest BCUT2D eigenvalue weighted by Gasteiger charge is -2.42. The van der Waals surface area contributed by atoms with Gasteiger partial charge in [0.2, 0.25) is 0 Å². The molecule has 1 aliphatic rings. The molecule has 0 fully saturated rings. The van der Waals surface area contributed by atoms with Crippen molar-refractivity contribution < 1.29 is 9.47 Å². The van der Waals surface area contributed by atoms with Crippen molar-refractivity contribution >= 4 is 11.6 Å². The Hall–Kier alpha value is -2.22. The highest BCUT2D eigenvalue weighted by Gasteiger charge is 2.36. The predicted octanol–water partition coefficient (Wildman–Crippen LogP) is 8.95. The molecular weight excluding hydrogens is 404 g/mol. The van der Waals surface area contributed by atoms with Crippen molar-refractivity contribution in [3.63, 3.8) is 0 Å². The Morgan fingerprint density at radius 2 is 1.39 bits per heavy atom. The molecule has 2 nitrogen and oxygen atoms in total. The maximum absolute atomic E-state index is 6.11. The van der Waals surface area contributed by atoms with Crippen LogP contribution in [0.5, 0.6) is 11.5 Å². The first-order valence-electron chi connectivity index (χ1n) is 12.9. The minimum Gasteiger partial charge on any atom is -0.490 e. The van der Waals surface area contributed by atoms with Gasteiger partial charge in [-0.2, -0.15) is 0 Å². The van der Waals surface area contributed by atoms with Crippen LogP contribution in [0.3, 0.4) is 0 Å². The van der Waals surface area contributed by atoms with Gasteiger partial charge in [-0.25, -0.2) is 0 Å². The number of unbranched alkanes of at least 4 members (excludes halogenated alkanes) is 2. The summed E-state index contributed by atoms with van der Waals surface area (Å²) < 4.78 is 12.1. The summed E-state index contributed by atoms with van der Waals surface area (Å²) in [7, 11) is 0. The highest BCUT2D eigenvalue weighted by molar-refractivity contribution is 5.81. The zero-order valence-electron chi connectivity index (χ0n) is 22.0. The summed E-state index contributed by atoms with van der Waals surface area (Å²) in [5.41, 5.74) is 7.22. The lowest BCUT2D eigenvalue weighted by molar-refractivity contribution is 0.262. The van der Waals surface area contributed by atoms with E-state index in [4.69, 9.17) is 9.47 Å². The number of ether oxygens (including phenoxy) is 2. The van der Waals surface area contributed by atoms with Crippen LogP contribution in [-0.4, -0.2) is 13.2 Å². The van der Waals surface area contributed by atoms with E-state index in [1.807, 2.05) is 0 Å². The maximum Gasteiger partial charge on any atom is 0.161 e. The van der Waals surface area contributed by atoms with E-state index in [9.17, 15) is 0 Å². The number of allylic oxidation sites excluding steroid dienone is 1. The third-order valence-electron chi connectivity index (χ3n) is 7.17. The fraction of sp³-hybridized carbons (Fsp3) is 0.548. The summed E-state index contributed by atoms with van der Waals surface area (Å²) in [6.45, 7) is 17.6. The lowest BCUT2D eigenvalue weighted by atomic mass is 9.63. The molecule has 0 saturated carbocycles. The van der Waals surface area contributed by atoms with Gasteiger partial charge in [0.1, 0.15) is 0 Å². The molecule has 3 rings (SSSR count). The second-order valence-corrected chi connectivity index (χ2v) is 11.0. The first kappa shape index (κ1) is 25.4. The Morgan fingerprint density at radius 1 is 0.788 bits per heavy atom. The van der Waals surface area contributed by atoms with E-state index in [2.05, 4.69) is 90.9 Å². The third kappa shape index (κ3) is 6.22. The van der Waals surface area contributed by atoms with Gasteiger partial charge in [-0.15, -0.1) is 0 Å². The molecule has 0 spiro atoms. The average Bonchev–Trinajstić information content (AvgIpc) is 2.78. The average molecular weight is 449 g/mol.